The van der Waals surface area contributed by atoms with E-state index in [0.717, 1.165) is 0 Å². The predicted octanol–water partition coefficient (Wildman–Crippen LogP) is 0.544. The Morgan fingerprint density at radius 3 is 2.09 bits per heavy atom. The molecule has 11 heavy (non-hydrogen) atoms. The molecule has 0 aliphatic heterocycles. The normalized spacial score (nSPS) is 8.91. The number of nitrogens with zero attached hydrogens (tertiary/aromatic N) is 1. The lowest BCUT2D eigenvalue weighted by Crippen LogP contribution is -2.34. The standard InChI is InChI=1S/C6H12N2O3/c1-3-8(4-2)6(10)11-5(7)9/h3-4H2,1-2H3,(H2,7,9). The molecule has 0 aliphatic carbocycles. The Labute approximate surface area is 65.1 Å². The van der Waals surface area contributed by atoms with Crippen LogP contribution in [0, 0.1) is 0 Å². The Balaban J connectivity index is 3.89. The maximum Gasteiger partial charge on any atom is 0.418 e. The third-order valence-corrected chi connectivity index (χ3v) is 1.21. The third-order valence-electron chi connectivity index (χ3n) is 1.21. The van der Waals surface area contributed by atoms with Crippen LogP contribution in [0.5, 0.6) is 0 Å². The molecule has 0 saturated carbocycles. The Morgan fingerprint density at radius 1 is 1.36 bits per heavy atom. The zero-order chi connectivity index (χ0) is 8.85. The Bertz CT molecular complexity index is 154. The Kier molecular flexibility index (Phi) is 4.02. The van der Waals surface area contributed by atoms with Gasteiger partial charge >= 0.3 is 12.2 Å². The first-order chi connectivity index (χ1) is 5.11. The predicted molar refractivity (Wildman–Crippen MR) is 39.0 cm³/mol. The minimum absolute atomic E-state index is 0.503. The number of hydrogen-bond acceptors (Lipinski definition) is 3. The SMILES string of the molecule is CCN(CC)C(=O)OC(N)=O. The first-order valence-corrected chi connectivity index (χ1v) is 3.38. The molecule has 0 rings (SSSR count). The second-order valence-electron chi connectivity index (χ2n) is 1.86. The van der Waals surface area contributed by atoms with Crippen molar-refractivity contribution in [2.24, 2.45) is 5.73 Å². The van der Waals surface area contributed by atoms with Gasteiger partial charge in [0, 0.05) is 13.1 Å². The summed E-state index contributed by atoms with van der Waals surface area (Å²) in [6.07, 6.45) is -1.76. The molecule has 0 aliphatic rings. The van der Waals surface area contributed by atoms with Crippen LogP contribution in [0.25, 0.3) is 0 Å². The average Bonchev–Trinajstić information content (AvgIpc) is 1.88. The number of hydrogen-bond donors (Lipinski definition) is 1. The molecule has 64 valence electrons. The fourth-order valence-electron chi connectivity index (χ4n) is 0.632. The van der Waals surface area contributed by atoms with E-state index in [2.05, 4.69) is 10.5 Å². The van der Waals surface area contributed by atoms with Crippen molar-refractivity contribution in [3.05, 3.63) is 0 Å². The van der Waals surface area contributed by atoms with Crippen molar-refractivity contribution in [2.45, 2.75) is 13.8 Å². The summed E-state index contributed by atoms with van der Waals surface area (Å²) in [7, 11) is 0. The van der Waals surface area contributed by atoms with E-state index >= 15 is 0 Å². The molecule has 0 aromatic heterocycles. The molecule has 0 unspecified atom stereocenters. The Morgan fingerprint density at radius 2 is 1.82 bits per heavy atom. The highest BCUT2D eigenvalue weighted by molar-refractivity contribution is 5.82. The van der Waals surface area contributed by atoms with Gasteiger partial charge < -0.3 is 15.4 Å². The van der Waals surface area contributed by atoms with Crippen LogP contribution >= 0.6 is 0 Å². The lowest BCUT2D eigenvalue weighted by Gasteiger charge is -2.15. The monoisotopic (exact) mass is 160 g/mol. The van der Waals surface area contributed by atoms with Crippen LogP contribution in [0.1, 0.15) is 13.8 Å². The molecule has 0 fully saturated rings. The molecule has 0 spiro atoms. The summed E-state index contributed by atoms with van der Waals surface area (Å²) in [4.78, 5) is 22.3. The molecule has 0 radical (unpaired) electrons. The van der Waals surface area contributed by atoms with Crippen LogP contribution in [0.3, 0.4) is 0 Å². The number of carbonyl (C=O) groups is 2. The van der Waals surface area contributed by atoms with Gasteiger partial charge in [0.05, 0.1) is 0 Å². The van der Waals surface area contributed by atoms with Gasteiger partial charge in [-0.3, -0.25) is 0 Å². The zero-order valence-electron chi connectivity index (χ0n) is 6.66. The van der Waals surface area contributed by atoms with E-state index in [9.17, 15) is 9.59 Å². The van der Waals surface area contributed by atoms with Crippen molar-refractivity contribution >= 4 is 12.2 Å². The molecule has 0 saturated heterocycles. The molecule has 5 heteroatoms. The van der Waals surface area contributed by atoms with Crippen LogP contribution in [-0.2, 0) is 4.74 Å². The summed E-state index contributed by atoms with van der Waals surface area (Å²) in [5.74, 6) is 0. The summed E-state index contributed by atoms with van der Waals surface area (Å²) >= 11 is 0. The Hall–Kier alpha value is -1.26. The van der Waals surface area contributed by atoms with Gasteiger partial charge in [-0.15, -0.1) is 0 Å². The van der Waals surface area contributed by atoms with Crippen LogP contribution in [0.15, 0.2) is 0 Å². The van der Waals surface area contributed by atoms with Gasteiger partial charge in [-0.05, 0) is 13.8 Å². The van der Waals surface area contributed by atoms with Crippen molar-refractivity contribution < 1.29 is 14.3 Å². The van der Waals surface area contributed by atoms with Gasteiger partial charge in [-0.2, -0.15) is 0 Å². The van der Waals surface area contributed by atoms with Gasteiger partial charge in [-0.25, -0.2) is 9.59 Å². The van der Waals surface area contributed by atoms with Crippen molar-refractivity contribution in [1.29, 1.82) is 0 Å². The molecule has 0 aromatic carbocycles. The average molecular weight is 160 g/mol. The molecular formula is C6H12N2O3. The zero-order valence-corrected chi connectivity index (χ0v) is 6.66. The number of nitrogens with two attached hydrogens (primary N) is 1. The maximum atomic E-state index is 10.8. The lowest BCUT2D eigenvalue weighted by molar-refractivity contribution is 0.125. The van der Waals surface area contributed by atoms with E-state index in [0.29, 0.717) is 13.1 Å². The summed E-state index contributed by atoms with van der Waals surface area (Å²) < 4.78 is 4.12. The van der Waals surface area contributed by atoms with Crippen LogP contribution in [0.4, 0.5) is 9.59 Å². The highest BCUT2D eigenvalue weighted by atomic mass is 16.6. The quantitative estimate of drug-likeness (QED) is 0.599. The van der Waals surface area contributed by atoms with E-state index in [1.54, 1.807) is 13.8 Å². The topological polar surface area (TPSA) is 72.6 Å². The van der Waals surface area contributed by atoms with Gasteiger partial charge in [-0.1, -0.05) is 0 Å². The number of primary amides is 1. The van der Waals surface area contributed by atoms with Gasteiger partial charge in [0.15, 0.2) is 0 Å². The molecule has 0 aromatic rings. The molecule has 2 amide bonds. The van der Waals surface area contributed by atoms with Crippen molar-refractivity contribution in [3.63, 3.8) is 0 Å². The van der Waals surface area contributed by atoms with Crippen molar-refractivity contribution in [2.75, 3.05) is 13.1 Å². The molecular weight excluding hydrogens is 148 g/mol. The third kappa shape index (κ3) is 3.44. The minimum atomic E-state index is -1.07. The smallest absolute Gasteiger partial charge is 0.359 e. The van der Waals surface area contributed by atoms with Gasteiger partial charge in [0.1, 0.15) is 0 Å². The van der Waals surface area contributed by atoms with E-state index < -0.39 is 12.2 Å². The lowest BCUT2D eigenvalue weighted by atomic mass is 10.6. The molecule has 5 nitrogen and oxygen atoms in total. The van der Waals surface area contributed by atoms with E-state index in [1.807, 2.05) is 0 Å². The fourth-order valence-corrected chi connectivity index (χ4v) is 0.632. The van der Waals surface area contributed by atoms with Crippen LogP contribution in [0.2, 0.25) is 0 Å². The van der Waals surface area contributed by atoms with Crippen molar-refractivity contribution in [3.8, 4) is 0 Å². The van der Waals surface area contributed by atoms with E-state index in [-0.39, 0.29) is 0 Å². The summed E-state index contributed by atoms with van der Waals surface area (Å²) in [6, 6.07) is 0. The largest absolute Gasteiger partial charge is 0.418 e. The van der Waals surface area contributed by atoms with E-state index in [1.165, 1.54) is 4.90 Å². The van der Waals surface area contributed by atoms with Gasteiger partial charge in [0.2, 0.25) is 0 Å². The van der Waals surface area contributed by atoms with Gasteiger partial charge in [0.25, 0.3) is 0 Å². The maximum absolute atomic E-state index is 10.8. The number of amides is 2. The first-order valence-electron chi connectivity index (χ1n) is 3.38. The number of rotatable bonds is 2. The van der Waals surface area contributed by atoms with Crippen LogP contribution < -0.4 is 5.73 Å². The summed E-state index contributed by atoms with van der Waals surface area (Å²) in [6.45, 7) is 4.57. The first kappa shape index (κ1) is 9.74. The summed E-state index contributed by atoms with van der Waals surface area (Å²) in [5.41, 5.74) is 4.63. The number of carbonyl (C=O) groups excluding carboxylic acids is 2. The molecule has 0 bridgehead atoms. The molecule has 2 N–H and O–H groups in total. The molecule has 0 atom stereocenters. The second kappa shape index (κ2) is 4.54. The van der Waals surface area contributed by atoms with Crippen LogP contribution in [-0.4, -0.2) is 30.2 Å². The molecule has 0 heterocycles. The van der Waals surface area contributed by atoms with E-state index in [4.69, 9.17) is 0 Å². The van der Waals surface area contributed by atoms with Crippen molar-refractivity contribution in [1.82, 2.24) is 4.90 Å². The highest BCUT2D eigenvalue weighted by Crippen LogP contribution is 1.91. The fraction of sp³-hybridized carbons (Fsp3) is 0.667. The summed E-state index contributed by atoms with van der Waals surface area (Å²) in [5, 5.41) is 0. The minimum Gasteiger partial charge on any atom is -0.359 e. The number of ether oxygens (including phenoxy) is 1. The highest BCUT2D eigenvalue weighted by Gasteiger charge is 2.12. The second-order valence-corrected chi connectivity index (χ2v) is 1.86.